The van der Waals surface area contributed by atoms with Crippen LogP contribution in [0.25, 0.3) is 0 Å². The molecule has 0 heterocycles. The van der Waals surface area contributed by atoms with Crippen molar-refractivity contribution in [3.8, 4) is 0 Å². The van der Waals surface area contributed by atoms with Crippen LogP contribution in [0.5, 0.6) is 0 Å². The third-order valence-corrected chi connectivity index (χ3v) is 2.79. The van der Waals surface area contributed by atoms with Gasteiger partial charge in [-0.3, -0.25) is 0 Å². The maximum absolute atomic E-state index is 12.4. The molecule has 0 atom stereocenters. The molecule has 0 aliphatic rings. The summed E-state index contributed by atoms with van der Waals surface area (Å²) < 4.78 is 11.4. The summed E-state index contributed by atoms with van der Waals surface area (Å²) >= 11 is 3.32. The molecule has 6 nitrogen and oxygen atoms in total. The number of carbonyl (C=O) groups excluding carboxylic acids is 2. The number of hydrogen-bond donors (Lipinski definition) is 1. The molecule has 0 saturated heterocycles. The second-order valence-corrected chi connectivity index (χ2v) is 7.82. The van der Waals surface area contributed by atoms with E-state index in [0.717, 1.165) is 9.48 Å². The number of ether oxygens (including phenoxy) is 2. The molecule has 128 valence electrons. The zero-order chi connectivity index (χ0) is 17.8. The molecule has 0 aromatic heterocycles. The van der Waals surface area contributed by atoms with Crippen molar-refractivity contribution in [1.29, 1.82) is 0 Å². The topological polar surface area (TPSA) is 67.9 Å². The Morgan fingerprint density at radius 1 is 0.957 bits per heavy atom. The van der Waals surface area contributed by atoms with Gasteiger partial charge in [-0.05, 0) is 65.8 Å². The average molecular weight is 387 g/mol. The number of amides is 2. The third-order valence-electron chi connectivity index (χ3n) is 2.26. The van der Waals surface area contributed by atoms with E-state index in [2.05, 4.69) is 21.4 Å². The lowest BCUT2D eigenvalue weighted by atomic mass is 10.2. The van der Waals surface area contributed by atoms with Gasteiger partial charge in [0.15, 0.2) is 0 Å². The second kappa shape index (κ2) is 7.21. The van der Waals surface area contributed by atoms with E-state index in [-0.39, 0.29) is 0 Å². The van der Waals surface area contributed by atoms with Crippen molar-refractivity contribution in [2.75, 3.05) is 5.01 Å². The molecule has 0 radical (unpaired) electrons. The fourth-order valence-corrected chi connectivity index (χ4v) is 1.77. The standard InChI is InChI=1S/C16H23BrN2O4/c1-15(2,3)22-13(20)18-19(14(21)23-16(4,5)6)12-9-7-11(17)8-10-12/h7-10H,1-6H3,(H,18,20). The Morgan fingerprint density at radius 2 is 1.43 bits per heavy atom. The van der Waals surface area contributed by atoms with E-state index in [1.54, 1.807) is 65.8 Å². The zero-order valence-corrected chi connectivity index (χ0v) is 15.9. The number of hydrazine groups is 1. The van der Waals surface area contributed by atoms with Gasteiger partial charge in [0.05, 0.1) is 5.69 Å². The van der Waals surface area contributed by atoms with E-state index in [0.29, 0.717) is 5.69 Å². The Hall–Kier alpha value is -1.76. The van der Waals surface area contributed by atoms with Crippen molar-refractivity contribution in [2.24, 2.45) is 0 Å². The summed E-state index contributed by atoms with van der Waals surface area (Å²) in [6.45, 7) is 10.5. The molecule has 1 aromatic carbocycles. The van der Waals surface area contributed by atoms with Gasteiger partial charge in [-0.15, -0.1) is 0 Å². The zero-order valence-electron chi connectivity index (χ0n) is 14.3. The van der Waals surface area contributed by atoms with Crippen LogP contribution in [0.2, 0.25) is 0 Å². The number of rotatable bonds is 1. The van der Waals surface area contributed by atoms with Crippen molar-refractivity contribution in [3.63, 3.8) is 0 Å². The minimum atomic E-state index is -0.744. The molecule has 7 heteroatoms. The predicted octanol–water partition coefficient (Wildman–Crippen LogP) is 4.63. The lowest BCUT2D eigenvalue weighted by molar-refractivity contribution is 0.0425. The summed E-state index contributed by atoms with van der Waals surface area (Å²) in [5.74, 6) is 0. The van der Waals surface area contributed by atoms with Crippen molar-refractivity contribution >= 4 is 33.8 Å². The Balaban J connectivity index is 2.99. The fraction of sp³-hybridized carbons (Fsp3) is 0.500. The van der Waals surface area contributed by atoms with Gasteiger partial charge in [0.1, 0.15) is 11.2 Å². The van der Waals surface area contributed by atoms with Crippen LogP contribution in [0.15, 0.2) is 28.7 Å². The average Bonchev–Trinajstić information content (AvgIpc) is 2.33. The largest absolute Gasteiger partial charge is 0.443 e. The van der Waals surface area contributed by atoms with Gasteiger partial charge in [0.2, 0.25) is 0 Å². The SMILES string of the molecule is CC(C)(C)OC(=O)NN(C(=O)OC(C)(C)C)c1ccc(Br)cc1. The lowest BCUT2D eigenvalue weighted by Crippen LogP contribution is -2.50. The molecule has 0 aliphatic carbocycles. The smallest absolute Gasteiger partial charge is 0.434 e. The van der Waals surface area contributed by atoms with E-state index in [1.807, 2.05) is 0 Å². The number of hydrogen-bond acceptors (Lipinski definition) is 4. The molecule has 2 amide bonds. The number of halogens is 1. The van der Waals surface area contributed by atoms with E-state index in [1.165, 1.54) is 0 Å². The molecule has 0 spiro atoms. The summed E-state index contributed by atoms with van der Waals surface area (Å²) in [4.78, 5) is 24.4. The molecular weight excluding hydrogens is 364 g/mol. The summed E-state index contributed by atoms with van der Waals surface area (Å²) in [5, 5.41) is 1.02. The summed E-state index contributed by atoms with van der Waals surface area (Å²) in [6.07, 6.45) is -1.45. The number of carbonyl (C=O) groups is 2. The normalized spacial score (nSPS) is 11.6. The van der Waals surface area contributed by atoms with Gasteiger partial charge < -0.3 is 9.47 Å². The fourth-order valence-electron chi connectivity index (χ4n) is 1.51. The highest BCUT2D eigenvalue weighted by Gasteiger charge is 2.27. The Labute approximate surface area is 145 Å². The number of nitrogens with zero attached hydrogens (tertiary/aromatic N) is 1. The van der Waals surface area contributed by atoms with E-state index in [9.17, 15) is 9.59 Å². The van der Waals surface area contributed by atoms with E-state index < -0.39 is 23.4 Å². The van der Waals surface area contributed by atoms with Crippen LogP contribution in [-0.2, 0) is 9.47 Å². The minimum Gasteiger partial charge on any atom is -0.443 e. The molecule has 23 heavy (non-hydrogen) atoms. The Kier molecular flexibility index (Phi) is 6.04. The molecular formula is C16H23BrN2O4. The van der Waals surface area contributed by atoms with Gasteiger partial charge in [0.25, 0.3) is 0 Å². The predicted molar refractivity (Wildman–Crippen MR) is 92.2 cm³/mol. The van der Waals surface area contributed by atoms with Gasteiger partial charge in [0, 0.05) is 4.47 Å². The van der Waals surface area contributed by atoms with Crippen molar-refractivity contribution in [1.82, 2.24) is 5.43 Å². The molecule has 0 unspecified atom stereocenters. The van der Waals surface area contributed by atoms with Gasteiger partial charge in [-0.1, -0.05) is 15.9 Å². The maximum Gasteiger partial charge on any atom is 0.434 e. The molecule has 1 rings (SSSR count). The summed E-state index contributed by atoms with van der Waals surface area (Å²) in [6, 6.07) is 6.85. The quantitative estimate of drug-likeness (QED) is 0.714. The molecule has 1 aromatic rings. The van der Waals surface area contributed by atoms with Crippen LogP contribution in [-0.4, -0.2) is 23.4 Å². The van der Waals surface area contributed by atoms with Crippen LogP contribution in [0.3, 0.4) is 0 Å². The van der Waals surface area contributed by atoms with E-state index in [4.69, 9.17) is 9.47 Å². The highest BCUT2D eigenvalue weighted by molar-refractivity contribution is 9.10. The number of anilines is 1. The van der Waals surface area contributed by atoms with Crippen LogP contribution in [0.1, 0.15) is 41.5 Å². The van der Waals surface area contributed by atoms with Crippen LogP contribution in [0.4, 0.5) is 15.3 Å². The monoisotopic (exact) mass is 386 g/mol. The lowest BCUT2D eigenvalue weighted by Gasteiger charge is -2.28. The summed E-state index contributed by atoms with van der Waals surface area (Å²) in [5.41, 5.74) is 1.49. The second-order valence-electron chi connectivity index (χ2n) is 6.91. The van der Waals surface area contributed by atoms with Crippen LogP contribution in [0, 0.1) is 0 Å². The summed E-state index contributed by atoms with van der Waals surface area (Å²) in [7, 11) is 0. The van der Waals surface area contributed by atoms with Gasteiger partial charge in [-0.2, -0.15) is 5.01 Å². The van der Waals surface area contributed by atoms with Gasteiger partial charge >= 0.3 is 12.2 Å². The minimum absolute atomic E-state index is 0.452. The highest BCUT2D eigenvalue weighted by atomic mass is 79.9. The first-order chi connectivity index (χ1) is 10.4. The maximum atomic E-state index is 12.4. The van der Waals surface area contributed by atoms with Crippen molar-refractivity contribution in [3.05, 3.63) is 28.7 Å². The first-order valence-corrected chi connectivity index (χ1v) is 7.95. The van der Waals surface area contributed by atoms with Crippen molar-refractivity contribution < 1.29 is 19.1 Å². The third kappa shape index (κ3) is 7.36. The molecule has 0 saturated carbocycles. The van der Waals surface area contributed by atoms with E-state index >= 15 is 0 Å². The first kappa shape index (κ1) is 19.3. The van der Waals surface area contributed by atoms with Crippen LogP contribution < -0.4 is 10.4 Å². The molecule has 0 fully saturated rings. The molecule has 1 N–H and O–H groups in total. The Morgan fingerprint density at radius 3 is 1.87 bits per heavy atom. The van der Waals surface area contributed by atoms with Gasteiger partial charge in [-0.25, -0.2) is 15.0 Å². The number of benzene rings is 1. The molecule has 0 aliphatic heterocycles. The number of nitrogens with one attached hydrogen (secondary N) is 1. The Bertz CT molecular complexity index is 559. The highest BCUT2D eigenvalue weighted by Crippen LogP contribution is 2.20. The molecule has 0 bridgehead atoms. The first-order valence-electron chi connectivity index (χ1n) is 7.16. The van der Waals surface area contributed by atoms with Crippen molar-refractivity contribution in [2.45, 2.75) is 52.7 Å². The van der Waals surface area contributed by atoms with Crippen LogP contribution >= 0.6 is 15.9 Å².